The number of unbranched alkanes of at least 4 members (excludes halogenated alkanes) is 48. The Morgan fingerprint density at radius 1 is 0.411 bits per heavy atom. The summed E-state index contributed by atoms with van der Waals surface area (Å²) in [6.45, 7) is 3.89. The van der Waals surface area contributed by atoms with Crippen molar-refractivity contribution < 1.29 is 39.8 Å². The van der Waals surface area contributed by atoms with Gasteiger partial charge in [0.25, 0.3) is 0 Å². The van der Waals surface area contributed by atoms with Crippen molar-refractivity contribution in [2.75, 3.05) is 13.2 Å². The van der Waals surface area contributed by atoms with E-state index in [-0.39, 0.29) is 12.5 Å². The molecular formula is C64H127NO8. The maximum absolute atomic E-state index is 13.1. The molecule has 0 bridgehead atoms. The molecule has 1 aliphatic rings. The highest BCUT2D eigenvalue weighted by Crippen LogP contribution is 2.24. The maximum atomic E-state index is 13.1. The largest absolute Gasteiger partial charge is 0.394 e. The molecule has 1 rings (SSSR count). The minimum Gasteiger partial charge on any atom is -0.394 e. The third-order valence-electron chi connectivity index (χ3n) is 16.2. The van der Waals surface area contributed by atoms with Crippen molar-refractivity contribution in [1.82, 2.24) is 5.32 Å². The molecule has 0 aromatic rings. The van der Waals surface area contributed by atoms with E-state index in [0.29, 0.717) is 12.8 Å². The van der Waals surface area contributed by atoms with Gasteiger partial charge in [-0.2, -0.15) is 0 Å². The van der Waals surface area contributed by atoms with Gasteiger partial charge in [-0.3, -0.25) is 4.79 Å². The first-order chi connectivity index (χ1) is 35.8. The van der Waals surface area contributed by atoms with Crippen LogP contribution in [0.4, 0.5) is 0 Å². The number of carbonyl (C=O) groups is 1. The van der Waals surface area contributed by atoms with Crippen LogP contribution in [0.25, 0.3) is 0 Å². The van der Waals surface area contributed by atoms with E-state index in [2.05, 4.69) is 19.2 Å². The average Bonchev–Trinajstić information content (AvgIpc) is 3.39. The van der Waals surface area contributed by atoms with Gasteiger partial charge >= 0.3 is 0 Å². The van der Waals surface area contributed by atoms with Crippen LogP contribution in [-0.4, -0.2) is 87.5 Å². The molecule has 436 valence electrons. The fourth-order valence-corrected chi connectivity index (χ4v) is 11.0. The smallest absolute Gasteiger partial charge is 0.220 e. The van der Waals surface area contributed by atoms with Crippen LogP contribution in [-0.2, 0) is 14.3 Å². The Morgan fingerprint density at radius 3 is 0.973 bits per heavy atom. The lowest BCUT2D eigenvalue weighted by molar-refractivity contribution is -0.302. The highest BCUT2D eigenvalue weighted by molar-refractivity contribution is 5.76. The molecule has 0 aliphatic carbocycles. The lowest BCUT2D eigenvalue weighted by Gasteiger charge is -2.40. The zero-order valence-corrected chi connectivity index (χ0v) is 48.7. The van der Waals surface area contributed by atoms with Gasteiger partial charge in [-0.1, -0.05) is 328 Å². The second kappa shape index (κ2) is 54.5. The van der Waals surface area contributed by atoms with Crippen LogP contribution in [0.15, 0.2) is 0 Å². The quantitative estimate of drug-likeness (QED) is 0.0330. The third-order valence-corrected chi connectivity index (χ3v) is 16.2. The minimum absolute atomic E-state index is 0.131. The molecule has 0 spiro atoms. The summed E-state index contributed by atoms with van der Waals surface area (Å²) in [6.07, 6.45) is 60.3. The molecule has 1 amide bonds. The van der Waals surface area contributed by atoms with E-state index >= 15 is 0 Å². The molecule has 7 unspecified atom stereocenters. The Bertz CT molecular complexity index is 1110. The molecule has 9 heteroatoms. The monoisotopic (exact) mass is 1040 g/mol. The van der Waals surface area contributed by atoms with Gasteiger partial charge in [-0.15, -0.1) is 0 Å². The highest BCUT2D eigenvalue weighted by Gasteiger charge is 2.44. The molecule has 73 heavy (non-hydrogen) atoms. The summed E-state index contributed by atoms with van der Waals surface area (Å²) in [6, 6.07) is -0.714. The number of nitrogens with one attached hydrogen (secondary N) is 1. The van der Waals surface area contributed by atoms with Crippen molar-refractivity contribution in [3.63, 3.8) is 0 Å². The molecule has 1 saturated heterocycles. The van der Waals surface area contributed by atoms with E-state index in [0.717, 1.165) is 38.5 Å². The number of hydrogen-bond acceptors (Lipinski definition) is 8. The topological polar surface area (TPSA) is 149 Å². The van der Waals surface area contributed by atoms with E-state index in [4.69, 9.17) is 9.47 Å². The summed E-state index contributed by atoms with van der Waals surface area (Å²) in [7, 11) is 0. The molecule has 1 heterocycles. The van der Waals surface area contributed by atoms with Crippen LogP contribution >= 0.6 is 0 Å². The number of rotatable bonds is 58. The number of amides is 1. The first kappa shape index (κ1) is 70.2. The fraction of sp³-hybridized carbons (Fsp3) is 0.984. The summed E-state index contributed by atoms with van der Waals surface area (Å²) in [5.74, 6) is -0.135. The molecule has 1 fully saturated rings. The predicted molar refractivity (Wildman–Crippen MR) is 309 cm³/mol. The van der Waals surface area contributed by atoms with Gasteiger partial charge in [0.05, 0.1) is 25.4 Å². The highest BCUT2D eigenvalue weighted by atomic mass is 16.7. The Kier molecular flexibility index (Phi) is 52.5. The fourth-order valence-electron chi connectivity index (χ4n) is 11.0. The molecule has 1 aliphatic heterocycles. The minimum atomic E-state index is -1.55. The van der Waals surface area contributed by atoms with E-state index in [1.165, 1.54) is 283 Å². The van der Waals surface area contributed by atoms with Crippen molar-refractivity contribution in [2.45, 2.75) is 391 Å². The van der Waals surface area contributed by atoms with Gasteiger partial charge in [0.1, 0.15) is 24.4 Å². The SMILES string of the molecule is CCCCCCCCCCCCCCCCCCCCCCCCCCCCCCCCCCCCC(=O)NC(COC1OC(CO)C(O)C(O)C1O)C(O)CCCCCCCCCCCCCCCCCC. The lowest BCUT2D eigenvalue weighted by Crippen LogP contribution is -2.60. The molecule has 7 atom stereocenters. The zero-order chi connectivity index (χ0) is 52.9. The standard InChI is InChI=1S/C64H127NO8/c1-3-5-7-9-11-13-15-17-19-21-22-23-24-25-26-27-28-29-30-31-32-33-34-35-36-37-38-40-42-44-46-48-50-52-54-60(68)65-57(56-72-64-63(71)62(70)61(69)59(55-66)73-64)58(67)53-51-49-47-45-43-41-39-20-18-16-14-12-10-8-6-4-2/h57-59,61-64,66-67,69-71H,3-56H2,1-2H3,(H,65,68). The first-order valence-electron chi connectivity index (χ1n) is 32.7. The molecule has 9 nitrogen and oxygen atoms in total. The van der Waals surface area contributed by atoms with Crippen molar-refractivity contribution in [3.8, 4) is 0 Å². The van der Waals surface area contributed by atoms with E-state index < -0.39 is 49.5 Å². The Labute approximate surface area is 453 Å². The zero-order valence-electron chi connectivity index (χ0n) is 48.7. The van der Waals surface area contributed by atoms with Crippen molar-refractivity contribution >= 4 is 5.91 Å². The van der Waals surface area contributed by atoms with Crippen molar-refractivity contribution in [3.05, 3.63) is 0 Å². The number of aliphatic hydroxyl groups is 5. The summed E-state index contributed by atoms with van der Waals surface area (Å²) in [4.78, 5) is 13.1. The average molecular weight is 1040 g/mol. The van der Waals surface area contributed by atoms with Crippen LogP contribution in [0.5, 0.6) is 0 Å². The molecule has 0 saturated carbocycles. The Balaban J connectivity index is 2.06. The third kappa shape index (κ3) is 43.8. The second-order valence-corrected chi connectivity index (χ2v) is 23.3. The van der Waals surface area contributed by atoms with Gasteiger partial charge in [0, 0.05) is 6.42 Å². The van der Waals surface area contributed by atoms with Crippen LogP contribution in [0.1, 0.15) is 348 Å². The first-order valence-corrected chi connectivity index (χ1v) is 32.7. The van der Waals surface area contributed by atoms with Crippen molar-refractivity contribution in [1.29, 1.82) is 0 Å². The van der Waals surface area contributed by atoms with Crippen molar-refractivity contribution in [2.24, 2.45) is 0 Å². The molecule has 6 N–H and O–H groups in total. The van der Waals surface area contributed by atoms with Crippen LogP contribution < -0.4 is 5.32 Å². The van der Waals surface area contributed by atoms with Crippen LogP contribution in [0, 0.1) is 0 Å². The van der Waals surface area contributed by atoms with E-state index in [1.807, 2.05) is 0 Å². The summed E-state index contributed by atoms with van der Waals surface area (Å²) >= 11 is 0. The normalized spacial score (nSPS) is 18.9. The number of aliphatic hydroxyl groups excluding tert-OH is 5. The molecule has 0 aromatic carbocycles. The number of carbonyl (C=O) groups excluding carboxylic acids is 1. The van der Waals surface area contributed by atoms with E-state index in [9.17, 15) is 30.3 Å². The van der Waals surface area contributed by atoms with Crippen LogP contribution in [0.3, 0.4) is 0 Å². The van der Waals surface area contributed by atoms with Crippen LogP contribution in [0.2, 0.25) is 0 Å². The van der Waals surface area contributed by atoms with Gasteiger partial charge in [-0.25, -0.2) is 0 Å². The van der Waals surface area contributed by atoms with Gasteiger partial charge in [-0.05, 0) is 12.8 Å². The Hall–Kier alpha value is -0.810. The summed E-state index contributed by atoms with van der Waals surface area (Å²) in [5.41, 5.74) is 0. The summed E-state index contributed by atoms with van der Waals surface area (Å²) in [5, 5.41) is 54.7. The second-order valence-electron chi connectivity index (χ2n) is 23.3. The summed E-state index contributed by atoms with van der Waals surface area (Å²) < 4.78 is 11.3. The molecule has 0 radical (unpaired) electrons. The van der Waals surface area contributed by atoms with Gasteiger partial charge in [0.2, 0.25) is 5.91 Å². The number of ether oxygens (including phenoxy) is 2. The van der Waals surface area contributed by atoms with E-state index in [1.54, 1.807) is 0 Å². The van der Waals surface area contributed by atoms with Gasteiger partial charge < -0.3 is 40.3 Å². The Morgan fingerprint density at radius 2 is 0.685 bits per heavy atom. The molecular weight excluding hydrogens is 911 g/mol. The number of hydrogen-bond donors (Lipinski definition) is 6. The maximum Gasteiger partial charge on any atom is 0.220 e. The lowest BCUT2D eigenvalue weighted by atomic mass is 9.99. The van der Waals surface area contributed by atoms with Gasteiger partial charge in [0.15, 0.2) is 6.29 Å². The molecule has 0 aromatic heterocycles. The predicted octanol–water partition coefficient (Wildman–Crippen LogP) is 17.0.